The van der Waals surface area contributed by atoms with E-state index in [1.807, 2.05) is 0 Å². The van der Waals surface area contributed by atoms with E-state index < -0.39 is 0 Å². The number of aliphatic hydroxyl groups excluding tert-OH is 2. The second-order valence-electron chi connectivity index (χ2n) is 1.04. The number of ether oxygens (including phenoxy) is 1. The van der Waals surface area contributed by atoms with Crippen LogP contribution in [-0.2, 0) is 4.74 Å². The highest BCUT2D eigenvalue weighted by molar-refractivity contribution is 4.67. The highest BCUT2D eigenvalue weighted by atomic mass is 16.5. The predicted molar refractivity (Wildman–Crippen MR) is 40.3 cm³/mol. The molecular formula is C7H12O3. The maximum atomic E-state index is 7.82. The van der Waals surface area contributed by atoms with Gasteiger partial charge in [0.25, 0.3) is 0 Å². The fourth-order valence-corrected chi connectivity index (χ4v) is 0.115. The predicted octanol–water partition coefficient (Wildman–Crippen LogP) is 1.34. The second-order valence-corrected chi connectivity index (χ2v) is 1.04. The number of hydrogen-bond donors (Lipinski definition) is 2. The molecule has 58 valence electrons. The Morgan fingerprint density at radius 1 is 1.30 bits per heavy atom. The van der Waals surface area contributed by atoms with Gasteiger partial charge in [-0.1, -0.05) is 13.2 Å². The maximum absolute atomic E-state index is 7.82. The standard InChI is InChI=1S/C4H6O.C3H6O2/c1-3-5-4-2;4-2-1-3-5/h3-4H,1-2H2;1-2,4-5H,3H2. The van der Waals surface area contributed by atoms with Crippen molar-refractivity contribution in [3.8, 4) is 0 Å². The monoisotopic (exact) mass is 144 g/mol. The summed E-state index contributed by atoms with van der Waals surface area (Å²) in [6.07, 6.45) is 4.67. The molecule has 0 aliphatic rings. The van der Waals surface area contributed by atoms with Gasteiger partial charge in [-0.3, -0.25) is 0 Å². The molecule has 0 aliphatic heterocycles. The van der Waals surface area contributed by atoms with Crippen LogP contribution in [0.2, 0.25) is 0 Å². The van der Waals surface area contributed by atoms with Crippen molar-refractivity contribution in [3.05, 3.63) is 38.0 Å². The van der Waals surface area contributed by atoms with E-state index in [4.69, 9.17) is 10.2 Å². The van der Waals surface area contributed by atoms with E-state index in [1.54, 1.807) is 0 Å². The Kier molecular flexibility index (Phi) is 18.1. The van der Waals surface area contributed by atoms with E-state index in [1.165, 1.54) is 18.6 Å². The lowest BCUT2D eigenvalue weighted by Gasteiger charge is -1.76. The molecule has 0 aromatic heterocycles. The third-order valence-corrected chi connectivity index (χ3v) is 0.403. The normalized spacial score (nSPS) is 7.70. The summed E-state index contributed by atoms with van der Waals surface area (Å²) in [7, 11) is 0. The fourth-order valence-electron chi connectivity index (χ4n) is 0.115. The minimum atomic E-state index is -0.0868. The summed E-state index contributed by atoms with van der Waals surface area (Å²) < 4.78 is 4.36. The van der Waals surface area contributed by atoms with Gasteiger partial charge in [0.15, 0.2) is 0 Å². The molecule has 0 saturated carbocycles. The Morgan fingerprint density at radius 3 is 1.80 bits per heavy atom. The van der Waals surface area contributed by atoms with E-state index >= 15 is 0 Å². The van der Waals surface area contributed by atoms with Gasteiger partial charge in [0.05, 0.1) is 25.4 Å². The first-order valence-electron chi connectivity index (χ1n) is 2.60. The molecule has 0 amide bonds. The molecule has 0 bridgehead atoms. The van der Waals surface area contributed by atoms with Crippen LogP contribution in [0.15, 0.2) is 38.0 Å². The molecule has 0 aliphatic carbocycles. The van der Waals surface area contributed by atoms with Gasteiger partial charge in [-0.25, -0.2) is 0 Å². The van der Waals surface area contributed by atoms with Crippen molar-refractivity contribution in [2.45, 2.75) is 0 Å². The first-order valence-corrected chi connectivity index (χ1v) is 2.60. The van der Waals surface area contributed by atoms with Gasteiger partial charge < -0.3 is 14.9 Å². The summed E-state index contributed by atoms with van der Waals surface area (Å²) in [6.45, 7) is 6.43. The van der Waals surface area contributed by atoms with Crippen LogP contribution in [0.1, 0.15) is 0 Å². The van der Waals surface area contributed by atoms with Crippen molar-refractivity contribution in [3.63, 3.8) is 0 Å². The molecule has 0 atom stereocenters. The molecule has 3 heteroatoms. The zero-order valence-electron chi connectivity index (χ0n) is 5.73. The molecular weight excluding hydrogens is 132 g/mol. The van der Waals surface area contributed by atoms with Gasteiger partial charge in [-0.15, -0.1) is 0 Å². The molecule has 10 heavy (non-hydrogen) atoms. The van der Waals surface area contributed by atoms with Crippen LogP contribution in [0.5, 0.6) is 0 Å². The van der Waals surface area contributed by atoms with Crippen LogP contribution < -0.4 is 0 Å². The summed E-state index contributed by atoms with van der Waals surface area (Å²) in [5.74, 6) is 0. The summed E-state index contributed by atoms with van der Waals surface area (Å²) in [5, 5.41) is 15.5. The van der Waals surface area contributed by atoms with Gasteiger partial charge in [0.1, 0.15) is 0 Å². The Labute approximate surface area is 60.6 Å². The van der Waals surface area contributed by atoms with Crippen LogP contribution in [0, 0.1) is 0 Å². The third-order valence-electron chi connectivity index (χ3n) is 0.403. The minimum Gasteiger partial charge on any atom is -0.516 e. The van der Waals surface area contributed by atoms with Crippen molar-refractivity contribution < 1.29 is 14.9 Å². The van der Waals surface area contributed by atoms with E-state index in [2.05, 4.69) is 17.9 Å². The van der Waals surface area contributed by atoms with Crippen molar-refractivity contribution in [2.24, 2.45) is 0 Å². The number of aliphatic hydroxyl groups is 2. The van der Waals surface area contributed by atoms with E-state index in [-0.39, 0.29) is 6.61 Å². The summed E-state index contributed by atoms with van der Waals surface area (Å²) in [5.41, 5.74) is 0. The largest absolute Gasteiger partial charge is 0.516 e. The average Bonchev–Trinajstić information content (AvgIpc) is 1.93. The minimum absolute atomic E-state index is 0.0868. The molecule has 0 heterocycles. The smallest absolute Gasteiger partial charge is 0.0829 e. The van der Waals surface area contributed by atoms with Gasteiger partial charge >= 0.3 is 0 Å². The molecule has 2 N–H and O–H groups in total. The highest BCUT2D eigenvalue weighted by Gasteiger charge is 1.54. The molecule has 0 radical (unpaired) electrons. The zero-order chi connectivity index (χ0) is 8.24. The lowest BCUT2D eigenvalue weighted by Crippen LogP contribution is -1.66. The number of hydrogen-bond acceptors (Lipinski definition) is 3. The van der Waals surface area contributed by atoms with Crippen LogP contribution in [0.25, 0.3) is 0 Å². The molecule has 0 spiro atoms. The Balaban J connectivity index is 0. The van der Waals surface area contributed by atoms with Crippen molar-refractivity contribution in [1.82, 2.24) is 0 Å². The molecule has 0 fully saturated rings. The maximum Gasteiger partial charge on any atom is 0.0829 e. The van der Waals surface area contributed by atoms with E-state index in [0.717, 1.165) is 6.26 Å². The van der Waals surface area contributed by atoms with Crippen LogP contribution in [-0.4, -0.2) is 16.8 Å². The quantitative estimate of drug-likeness (QED) is 0.587. The SMILES string of the molecule is C=COC=C.OC=CCO. The van der Waals surface area contributed by atoms with E-state index in [0.29, 0.717) is 0 Å². The first kappa shape index (κ1) is 11.6. The first-order chi connectivity index (χ1) is 4.83. The molecule has 0 aromatic carbocycles. The lowest BCUT2D eigenvalue weighted by molar-refractivity contribution is 0.337. The van der Waals surface area contributed by atoms with Crippen LogP contribution in [0.4, 0.5) is 0 Å². The Hall–Kier alpha value is -1.22. The van der Waals surface area contributed by atoms with Crippen LogP contribution in [0.3, 0.4) is 0 Å². The van der Waals surface area contributed by atoms with Gasteiger partial charge in [-0.2, -0.15) is 0 Å². The Morgan fingerprint density at radius 2 is 1.80 bits per heavy atom. The van der Waals surface area contributed by atoms with Gasteiger partial charge in [0, 0.05) is 0 Å². The zero-order valence-corrected chi connectivity index (χ0v) is 5.73. The molecule has 0 saturated heterocycles. The average molecular weight is 144 g/mol. The summed E-state index contributed by atoms with van der Waals surface area (Å²) in [6, 6.07) is 0. The van der Waals surface area contributed by atoms with Crippen molar-refractivity contribution >= 4 is 0 Å². The van der Waals surface area contributed by atoms with Crippen molar-refractivity contribution in [1.29, 1.82) is 0 Å². The van der Waals surface area contributed by atoms with Gasteiger partial charge in [-0.05, 0) is 6.08 Å². The van der Waals surface area contributed by atoms with E-state index in [9.17, 15) is 0 Å². The lowest BCUT2D eigenvalue weighted by atomic mass is 10.7. The highest BCUT2D eigenvalue weighted by Crippen LogP contribution is 1.65. The summed E-state index contributed by atoms with van der Waals surface area (Å²) >= 11 is 0. The van der Waals surface area contributed by atoms with Gasteiger partial charge in [0.2, 0.25) is 0 Å². The van der Waals surface area contributed by atoms with Crippen LogP contribution >= 0.6 is 0 Å². The Bertz CT molecular complexity index is 91.0. The fraction of sp³-hybridized carbons (Fsp3) is 0.143. The second kappa shape index (κ2) is 15.7. The van der Waals surface area contributed by atoms with Crippen molar-refractivity contribution in [2.75, 3.05) is 6.61 Å². The molecule has 0 rings (SSSR count). The topological polar surface area (TPSA) is 49.7 Å². The molecule has 0 unspecified atom stereocenters. The summed E-state index contributed by atoms with van der Waals surface area (Å²) in [4.78, 5) is 0. The molecule has 0 aromatic rings. The number of rotatable bonds is 3. The molecule has 3 nitrogen and oxygen atoms in total. The third kappa shape index (κ3) is 29.3.